The summed E-state index contributed by atoms with van der Waals surface area (Å²) in [4.78, 5) is 2.29. The topological polar surface area (TPSA) is 60.2 Å². The van der Waals surface area contributed by atoms with Gasteiger partial charge in [0.05, 0.1) is 16.3 Å². The lowest BCUT2D eigenvalue weighted by molar-refractivity contribution is 0.596. The Morgan fingerprint density at radius 3 is 2.47 bits per heavy atom. The van der Waals surface area contributed by atoms with Gasteiger partial charge in [0.25, 0.3) is 0 Å². The van der Waals surface area contributed by atoms with Crippen molar-refractivity contribution in [3.63, 3.8) is 0 Å². The van der Waals surface area contributed by atoms with Crippen LogP contribution in [-0.4, -0.2) is 8.42 Å². The van der Waals surface area contributed by atoms with Crippen LogP contribution in [0.4, 0.5) is 5.69 Å². The summed E-state index contributed by atoms with van der Waals surface area (Å²) in [5, 5.41) is 0. The van der Waals surface area contributed by atoms with Gasteiger partial charge >= 0.3 is 0 Å². The average Bonchev–Trinajstić information content (AvgIpc) is 2.79. The summed E-state index contributed by atoms with van der Waals surface area (Å²) in [6.45, 7) is 3.87. The van der Waals surface area contributed by atoms with Gasteiger partial charge in [0, 0.05) is 9.75 Å². The molecule has 102 valence electrons. The summed E-state index contributed by atoms with van der Waals surface area (Å²) in [5.74, 6) is 0.0192. The van der Waals surface area contributed by atoms with E-state index in [0.717, 1.165) is 16.9 Å². The molecule has 0 aliphatic rings. The molecule has 5 heteroatoms. The van der Waals surface area contributed by atoms with Crippen molar-refractivity contribution in [3.8, 4) is 0 Å². The second-order valence-corrected chi connectivity index (χ2v) is 7.68. The largest absolute Gasteiger partial charge is 0.397 e. The molecule has 0 radical (unpaired) electrons. The van der Waals surface area contributed by atoms with Gasteiger partial charge in [-0.25, -0.2) is 8.42 Å². The first-order valence-corrected chi connectivity index (χ1v) is 8.56. The monoisotopic (exact) mass is 295 g/mol. The number of rotatable bonds is 4. The zero-order valence-corrected chi connectivity index (χ0v) is 12.6. The van der Waals surface area contributed by atoms with Gasteiger partial charge in [0.2, 0.25) is 0 Å². The fourth-order valence-electron chi connectivity index (χ4n) is 1.88. The maximum atomic E-state index is 12.4. The SMILES string of the molecule is CCc1ccc(CS(=O)(=O)c2cccc(C)c2N)s1. The van der Waals surface area contributed by atoms with Crippen LogP contribution in [0.3, 0.4) is 0 Å². The van der Waals surface area contributed by atoms with Crippen molar-refractivity contribution < 1.29 is 8.42 Å². The molecule has 1 aromatic heterocycles. The van der Waals surface area contributed by atoms with E-state index in [2.05, 4.69) is 6.92 Å². The highest BCUT2D eigenvalue weighted by molar-refractivity contribution is 7.91. The smallest absolute Gasteiger partial charge is 0.185 e. The Kier molecular flexibility index (Phi) is 3.96. The predicted molar refractivity (Wildman–Crippen MR) is 80.2 cm³/mol. The molecule has 1 heterocycles. The maximum Gasteiger partial charge on any atom is 0.185 e. The van der Waals surface area contributed by atoms with Crippen molar-refractivity contribution in [2.24, 2.45) is 0 Å². The molecule has 0 amide bonds. The Bertz CT molecular complexity index is 687. The third-order valence-electron chi connectivity index (χ3n) is 3.02. The molecule has 0 spiro atoms. The van der Waals surface area contributed by atoms with Crippen molar-refractivity contribution in [2.75, 3.05) is 5.73 Å². The third-order valence-corrected chi connectivity index (χ3v) is 6.15. The summed E-state index contributed by atoms with van der Waals surface area (Å²) in [5.41, 5.74) is 7.03. The van der Waals surface area contributed by atoms with Crippen LogP contribution < -0.4 is 5.73 Å². The molecule has 0 aliphatic carbocycles. The van der Waals surface area contributed by atoms with Gasteiger partial charge in [-0.1, -0.05) is 19.1 Å². The number of anilines is 1. The zero-order chi connectivity index (χ0) is 14.0. The number of para-hydroxylation sites is 1. The highest BCUT2D eigenvalue weighted by Crippen LogP contribution is 2.27. The van der Waals surface area contributed by atoms with Gasteiger partial charge in [-0.15, -0.1) is 11.3 Å². The number of aryl methyl sites for hydroxylation is 2. The molecule has 2 N–H and O–H groups in total. The number of nitrogens with two attached hydrogens (primary N) is 1. The van der Waals surface area contributed by atoms with E-state index in [1.165, 1.54) is 4.88 Å². The summed E-state index contributed by atoms with van der Waals surface area (Å²) in [7, 11) is -3.38. The molecular formula is C14H17NO2S2. The molecule has 2 aromatic rings. The van der Waals surface area contributed by atoms with Gasteiger partial charge in [-0.3, -0.25) is 0 Å². The Morgan fingerprint density at radius 2 is 1.84 bits per heavy atom. The fourth-order valence-corrected chi connectivity index (χ4v) is 4.74. The molecule has 0 atom stereocenters. The van der Waals surface area contributed by atoms with Crippen molar-refractivity contribution in [1.82, 2.24) is 0 Å². The molecule has 0 fully saturated rings. The van der Waals surface area contributed by atoms with Gasteiger partial charge in [-0.2, -0.15) is 0 Å². The van der Waals surface area contributed by atoms with E-state index in [-0.39, 0.29) is 10.6 Å². The van der Waals surface area contributed by atoms with E-state index in [4.69, 9.17) is 5.73 Å². The molecule has 0 unspecified atom stereocenters. The molecule has 0 saturated carbocycles. The van der Waals surface area contributed by atoms with Crippen LogP contribution in [-0.2, 0) is 22.0 Å². The fraction of sp³-hybridized carbons (Fsp3) is 0.286. The van der Waals surface area contributed by atoms with Crippen LogP contribution in [0.5, 0.6) is 0 Å². The Hall–Kier alpha value is -1.33. The minimum absolute atomic E-state index is 0.0192. The number of hydrogen-bond donors (Lipinski definition) is 1. The van der Waals surface area contributed by atoms with Crippen molar-refractivity contribution in [1.29, 1.82) is 0 Å². The minimum atomic E-state index is -3.38. The van der Waals surface area contributed by atoms with Gasteiger partial charge in [0.15, 0.2) is 9.84 Å². The Labute approximate surface area is 118 Å². The summed E-state index contributed by atoms with van der Waals surface area (Å²) < 4.78 is 24.8. The first kappa shape index (κ1) is 14.1. The molecular weight excluding hydrogens is 278 g/mol. The first-order chi connectivity index (χ1) is 8.94. The molecule has 0 saturated heterocycles. The predicted octanol–water partition coefficient (Wildman–Crippen LogP) is 3.18. The highest BCUT2D eigenvalue weighted by atomic mass is 32.2. The van der Waals surface area contributed by atoms with E-state index < -0.39 is 9.84 Å². The van der Waals surface area contributed by atoms with E-state index >= 15 is 0 Å². The molecule has 0 bridgehead atoms. The molecule has 3 nitrogen and oxygen atoms in total. The van der Waals surface area contributed by atoms with Gasteiger partial charge in [0.1, 0.15) is 0 Å². The number of hydrogen-bond acceptors (Lipinski definition) is 4. The lowest BCUT2D eigenvalue weighted by Crippen LogP contribution is -2.08. The van der Waals surface area contributed by atoms with Crippen LogP contribution in [0, 0.1) is 6.92 Å². The summed E-state index contributed by atoms with van der Waals surface area (Å²) in [6.07, 6.45) is 0.928. The van der Waals surface area contributed by atoms with Crippen molar-refractivity contribution >= 4 is 26.9 Å². The molecule has 0 aliphatic heterocycles. The quantitative estimate of drug-likeness (QED) is 0.881. The standard InChI is InChI=1S/C14H17NO2S2/c1-3-11-7-8-12(18-11)9-19(16,17)13-6-4-5-10(2)14(13)15/h4-8H,3,9,15H2,1-2H3. The van der Waals surface area contributed by atoms with Crippen LogP contribution in [0.2, 0.25) is 0 Å². The average molecular weight is 295 g/mol. The number of sulfone groups is 1. The summed E-state index contributed by atoms with van der Waals surface area (Å²) in [6, 6.07) is 8.98. The van der Waals surface area contributed by atoms with E-state index in [1.54, 1.807) is 23.5 Å². The van der Waals surface area contributed by atoms with Crippen molar-refractivity contribution in [3.05, 3.63) is 45.6 Å². The second-order valence-electron chi connectivity index (χ2n) is 4.47. The first-order valence-electron chi connectivity index (χ1n) is 6.09. The normalized spacial score (nSPS) is 11.7. The van der Waals surface area contributed by atoms with E-state index in [1.807, 2.05) is 25.1 Å². The maximum absolute atomic E-state index is 12.4. The molecule has 2 rings (SSSR count). The van der Waals surface area contributed by atoms with Crippen LogP contribution in [0.1, 0.15) is 22.2 Å². The third kappa shape index (κ3) is 2.98. The molecule has 1 aromatic carbocycles. The second kappa shape index (κ2) is 5.35. The summed E-state index contributed by atoms with van der Waals surface area (Å²) >= 11 is 1.54. The lowest BCUT2D eigenvalue weighted by Gasteiger charge is -2.08. The lowest BCUT2D eigenvalue weighted by atomic mass is 10.2. The van der Waals surface area contributed by atoms with Crippen LogP contribution in [0.25, 0.3) is 0 Å². The Balaban J connectivity index is 2.35. The highest BCUT2D eigenvalue weighted by Gasteiger charge is 2.20. The van der Waals surface area contributed by atoms with E-state index in [9.17, 15) is 8.42 Å². The van der Waals surface area contributed by atoms with Gasteiger partial charge < -0.3 is 5.73 Å². The number of benzene rings is 1. The molecule has 19 heavy (non-hydrogen) atoms. The number of nitrogen functional groups attached to an aromatic ring is 1. The number of thiophene rings is 1. The minimum Gasteiger partial charge on any atom is -0.397 e. The van der Waals surface area contributed by atoms with Crippen LogP contribution in [0.15, 0.2) is 35.2 Å². The van der Waals surface area contributed by atoms with Crippen molar-refractivity contribution in [2.45, 2.75) is 30.9 Å². The van der Waals surface area contributed by atoms with E-state index in [0.29, 0.717) is 5.69 Å². The zero-order valence-electron chi connectivity index (χ0n) is 11.0. The Morgan fingerprint density at radius 1 is 1.16 bits per heavy atom. The van der Waals surface area contributed by atoms with Crippen LogP contribution >= 0.6 is 11.3 Å². The van der Waals surface area contributed by atoms with Gasteiger partial charge in [-0.05, 0) is 37.1 Å².